The Morgan fingerprint density at radius 3 is 2.86 bits per heavy atom. The van der Waals surface area contributed by atoms with E-state index in [0.717, 1.165) is 11.3 Å². The molecular weight excluding hydrogens is 376 g/mol. The predicted molar refractivity (Wildman–Crippen MR) is 110 cm³/mol. The summed E-state index contributed by atoms with van der Waals surface area (Å²) in [7, 11) is 1.58. The lowest BCUT2D eigenvalue weighted by Crippen LogP contribution is -2.42. The van der Waals surface area contributed by atoms with E-state index in [2.05, 4.69) is 15.3 Å². The van der Waals surface area contributed by atoms with Crippen LogP contribution in [0.2, 0.25) is 0 Å². The zero-order chi connectivity index (χ0) is 19.7. The molecule has 1 unspecified atom stereocenters. The fourth-order valence-corrected chi connectivity index (χ4v) is 3.92. The van der Waals surface area contributed by atoms with Gasteiger partial charge in [-0.25, -0.2) is 4.99 Å². The third kappa shape index (κ3) is 3.38. The number of aliphatic imine (C=N–C) groups is 2. The van der Waals surface area contributed by atoms with Gasteiger partial charge in [0.25, 0.3) is 5.91 Å². The summed E-state index contributed by atoms with van der Waals surface area (Å²) in [5, 5.41) is 3.44. The van der Waals surface area contributed by atoms with E-state index in [9.17, 15) is 9.59 Å². The van der Waals surface area contributed by atoms with Gasteiger partial charge < -0.3 is 10.1 Å². The molecule has 0 fully saturated rings. The monoisotopic (exact) mass is 394 g/mol. The van der Waals surface area contributed by atoms with Gasteiger partial charge in [0.15, 0.2) is 5.17 Å². The third-order valence-electron chi connectivity index (χ3n) is 4.44. The van der Waals surface area contributed by atoms with Crippen LogP contribution >= 0.6 is 11.8 Å². The van der Waals surface area contributed by atoms with E-state index in [-0.39, 0.29) is 17.6 Å². The highest BCUT2D eigenvalue weighted by molar-refractivity contribution is 8.14. The topological polar surface area (TPSA) is 83.4 Å². The Morgan fingerprint density at radius 1 is 1.21 bits per heavy atom. The van der Waals surface area contributed by atoms with Crippen LogP contribution in [-0.2, 0) is 9.59 Å². The number of amidine groups is 2. The number of hydrogen-bond donors (Lipinski definition) is 1. The molecule has 2 aliphatic rings. The highest BCUT2D eigenvalue weighted by atomic mass is 32.2. The summed E-state index contributed by atoms with van der Waals surface area (Å²) < 4.78 is 5.17. The average Bonchev–Trinajstić information content (AvgIpc) is 3.01. The third-order valence-corrected chi connectivity index (χ3v) is 5.39. The molecule has 2 amide bonds. The van der Waals surface area contributed by atoms with Crippen molar-refractivity contribution in [2.45, 2.75) is 13.0 Å². The molecule has 0 bridgehead atoms. The minimum absolute atomic E-state index is 0.156. The van der Waals surface area contributed by atoms with Crippen LogP contribution in [-0.4, -0.2) is 46.6 Å². The molecule has 0 saturated heterocycles. The second kappa shape index (κ2) is 7.47. The number of rotatable bonds is 4. The van der Waals surface area contributed by atoms with Crippen LogP contribution in [0, 0.1) is 0 Å². The number of fused-ring (bicyclic) bond motifs is 3. The smallest absolute Gasteiger partial charge is 0.270 e. The van der Waals surface area contributed by atoms with Crippen LogP contribution in [0.5, 0.6) is 5.75 Å². The molecule has 2 aromatic rings. The van der Waals surface area contributed by atoms with E-state index in [0.29, 0.717) is 22.4 Å². The van der Waals surface area contributed by atoms with Crippen LogP contribution in [0.25, 0.3) is 0 Å². The van der Waals surface area contributed by atoms with Gasteiger partial charge in [-0.05, 0) is 31.2 Å². The highest BCUT2D eigenvalue weighted by Gasteiger charge is 2.39. The zero-order valence-corrected chi connectivity index (χ0v) is 16.2. The molecule has 1 atom stereocenters. The maximum atomic E-state index is 12.4. The van der Waals surface area contributed by atoms with Crippen molar-refractivity contribution in [3.63, 3.8) is 0 Å². The summed E-state index contributed by atoms with van der Waals surface area (Å²) in [5.74, 6) is 1.04. The Kier molecular flexibility index (Phi) is 4.87. The van der Waals surface area contributed by atoms with Crippen molar-refractivity contribution in [1.82, 2.24) is 4.90 Å². The number of hydrogen-bond acceptors (Lipinski definition) is 6. The highest BCUT2D eigenvalue weighted by Crippen LogP contribution is 2.33. The number of nitrogens with one attached hydrogen (secondary N) is 1. The summed E-state index contributed by atoms with van der Waals surface area (Å²) >= 11 is 1.28. The summed E-state index contributed by atoms with van der Waals surface area (Å²) in [5.41, 5.74) is 2.23. The van der Waals surface area contributed by atoms with Crippen molar-refractivity contribution < 1.29 is 14.3 Å². The van der Waals surface area contributed by atoms with Crippen LogP contribution in [0.1, 0.15) is 12.5 Å². The van der Waals surface area contributed by atoms with Gasteiger partial charge in [-0.2, -0.15) is 4.99 Å². The first-order valence-electron chi connectivity index (χ1n) is 8.73. The van der Waals surface area contributed by atoms with Crippen LogP contribution < -0.4 is 10.1 Å². The maximum absolute atomic E-state index is 12.4. The van der Waals surface area contributed by atoms with Gasteiger partial charge in [0.05, 0.1) is 18.6 Å². The van der Waals surface area contributed by atoms with E-state index in [1.165, 1.54) is 11.8 Å². The van der Waals surface area contributed by atoms with Crippen molar-refractivity contribution in [3.05, 3.63) is 54.1 Å². The van der Waals surface area contributed by atoms with Crippen LogP contribution in [0.3, 0.4) is 0 Å². The van der Waals surface area contributed by atoms with E-state index < -0.39 is 6.04 Å². The van der Waals surface area contributed by atoms with Gasteiger partial charge in [0, 0.05) is 17.3 Å². The molecule has 4 rings (SSSR count). The van der Waals surface area contributed by atoms with Crippen LogP contribution in [0.4, 0.5) is 11.4 Å². The van der Waals surface area contributed by atoms with Crippen LogP contribution in [0.15, 0.2) is 58.5 Å². The molecule has 0 saturated carbocycles. The molecule has 28 heavy (non-hydrogen) atoms. The molecule has 2 aromatic carbocycles. The summed E-state index contributed by atoms with van der Waals surface area (Å²) in [6, 6.07) is 14.3. The first kappa shape index (κ1) is 18.2. The number of carbonyl (C=O) groups excluding carboxylic acids is 2. The minimum atomic E-state index is -0.434. The fourth-order valence-electron chi connectivity index (χ4n) is 3.04. The lowest BCUT2D eigenvalue weighted by molar-refractivity contribution is -0.119. The Labute approximate surface area is 166 Å². The molecule has 8 heteroatoms. The minimum Gasteiger partial charge on any atom is -0.497 e. The number of para-hydroxylation sites is 1. The Hall–Kier alpha value is -3.13. The summed E-state index contributed by atoms with van der Waals surface area (Å²) in [4.78, 5) is 35.2. The first-order chi connectivity index (χ1) is 13.6. The largest absolute Gasteiger partial charge is 0.497 e. The predicted octanol–water partition coefficient (Wildman–Crippen LogP) is 3.05. The number of amides is 2. The van der Waals surface area contributed by atoms with Gasteiger partial charge in [-0.1, -0.05) is 30.0 Å². The molecule has 2 heterocycles. The van der Waals surface area contributed by atoms with Crippen molar-refractivity contribution in [3.8, 4) is 5.75 Å². The van der Waals surface area contributed by atoms with Gasteiger partial charge in [0.1, 0.15) is 17.6 Å². The van der Waals surface area contributed by atoms with E-state index in [4.69, 9.17) is 4.74 Å². The molecule has 0 aliphatic carbocycles. The summed E-state index contributed by atoms with van der Waals surface area (Å²) in [6.07, 6.45) is 0. The molecule has 0 spiro atoms. The molecule has 7 nitrogen and oxygen atoms in total. The zero-order valence-electron chi connectivity index (χ0n) is 15.4. The second-order valence-electron chi connectivity index (χ2n) is 6.30. The lowest BCUT2D eigenvalue weighted by atomic mass is 10.1. The standard InChI is InChI=1S/C20H18N4O3S/c1-12-19(26)23-18-15-8-3-4-9-16(15)22-20(24(12)18)28-11-17(25)21-13-6-5-7-14(10-13)27-2/h3-10,12H,11H2,1-2H3,(H,21,25). The quantitative estimate of drug-likeness (QED) is 0.862. The number of benzene rings is 2. The Bertz CT molecular complexity index is 1020. The first-order valence-corrected chi connectivity index (χ1v) is 9.72. The lowest BCUT2D eigenvalue weighted by Gasteiger charge is -2.29. The van der Waals surface area contributed by atoms with E-state index in [1.54, 1.807) is 31.1 Å². The van der Waals surface area contributed by atoms with Crippen molar-refractivity contribution in [2.24, 2.45) is 9.98 Å². The fraction of sp³-hybridized carbons (Fsp3) is 0.200. The van der Waals surface area contributed by atoms with Crippen molar-refractivity contribution >= 4 is 46.0 Å². The number of anilines is 1. The Morgan fingerprint density at radius 2 is 2.04 bits per heavy atom. The molecule has 0 aromatic heterocycles. The average molecular weight is 394 g/mol. The number of carbonyl (C=O) groups is 2. The van der Waals surface area contributed by atoms with Crippen molar-refractivity contribution in [1.29, 1.82) is 0 Å². The van der Waals surface area contributed by atoms with Gasteiger partial charge in [-0.3, -0.25) is 14.5 Å². The second-order valence-corrected chi connectivity index (χ2v) is 7.24. The normalized spacial score (nSPS) is 17.4. The van der Waals surface area contributed by atoms with Crippen molar-refractivity contribution in [2.75, 3.05) is 18.2 Å². The molecular formula is C20H18N4O3S. The molecule has 2 aliphatic heterocycles. The SMILES string of the molecule is COc1cccc(NC(=O)CSC2=Nc3ccccc3C3=NC(=O)C(C)N23)c1. The van der Waals surface area contributed by atoms with Gasteiger partial charge >= 0.3 is 0 Å². The molecule has 1 N–H and O–H groups in total. The van der Waals surface area contributed by atoms with E-state index >= 15 is 0 Å². The molecule has 0 radical (unpaired) electrons. The summed E-state index contributed by atoms with van der Waals surface area (Å²) in [6.45, 7) is 1.79. The number of nitrogens with zero attached hydrogens (tertiary/aromatic N) is 3. The van der Waals surface area contributed by atoms with Gasteiger partial charge in [0.2, 0.25) is 5.91 Å². The number of thioether (sulfide) groups is 1. The van der Waals surface area contributed by atoms with E-state index in [1.807, 2.05) is 36.4 Å². The maximum Gasteiger partial charge on any atom is 0.270 e. The molecule has 142 valence electrons. The van der Waals surface area contributed by atoms with Gasteiger partial charge in [-0.15, -0.1) is 0 Å². The number of methoxy groups -OCH3 is 1. The Balaban J connectivity index is 1.51. The number of ether oxygens (including phenoxy) is 1.